The first-order chi connectivity index (χ1) is 11.4. The summed E-state index contributed by atoms with van der Waals surface area (Å²) in [6, 6.07) is 0. The lowest BCUT2D eigenvalue weighted by atomic mass is 9.65. The van der Waals surface area contributed by atoms with Crippen molar-refractivity contribution in [3.05, 3.63) is 0 Å². The highest BCUT2D eigenvalue weighted by atomic mass is 16.7. The molecule has 4 fully saturated rings. The zero-order valence-corrected chi connectivity index (χ0v) is 15.8. The van der Waals surface area contributed by atoms with Crippen LogP contribution in [0.1, 0.15) is 72.6 Å². The number of hydrogen-bond donors (Lipinski definition) is 0. The SMILES string of the molecule is CCC(C)(C)C(=O)OCOC1(CC)CC2CC1C1C3CCC(C3)C21. The normalized spacial score (nSPS) is 45.7. The maximum absolute atomic E-state index is 12.2. The number of hydrogen-bond acceptors (Lipinski definition) is 3. The number of carbonyl (C=O) groups excluding carboxylic acids is 1. The van der Waals surface area contributed by atoms with Gasteiger partial charge < -0.3 is 9.47 Å². The molecule has 0 heterocycles. The predicted molar refractivity (Wildman–Crippen MR) is 93.2 cm³/mol. The van der Waals surface area contributed by atoms with Crippen molar-refractivity contribution < 1.29 is 14.3 Å². The molecule has 7 unspecified atom stereocenters. The topological polar surface area (TPSA) is 35.5 Å². The van der Waals surface area contributed by atoms with E-state index in [2.05, 4.69) is 6.92 Å². The summed E-state index contributed by atoms with van der Waals surface area (Å²) in [5.74, 6) is 5.35. The van der Waals surface area contributed by atoms with Crippen molar-refractivity contribution in [1.82, 2.24) is 0 Å². The van der Waals surface area contributed by atoms with Crippen molar-refractivity contribution >= 4 is 5.97 Å². The van der Waals surface area contributed by atoms with Crippen molar-refractivity contribution in [2.24, 2.45) is 40.9 Å². The third kappa shape index (κ3) is 2.29. The summed E-state index contributed by atoms with van der Waals surface area (Å²) in [6.45, 7) is 8.33. The van der Waals surface area contributed by atoms with Crippen molar-refractivity contribution in [2.45, 2.75) is 78.2 Å². The van der Waals surface area contributed by atoms with Gasteiger partial charge in [-0.1, -0.05) is 13.8 Å². The van der Waals surface area contributed by atoms with Gasteiger partial charge in [-0.05, 0) is 94.3 Å². The molecular formula is C21H34O3. The summed E-state index contributed by atoms with van der Waals surface area (Å²) in [4.78, 5) is 12.2. The van der Waals surface area contributed by atoms with E-state index in [4.69, 9.17) is 9.47 Å². The number of rotatable bonds is 6. The third-order valence-corrected chi connectivity index (χ3v) is 8.47. The molecule has 136 valence electrons. The molecule has 0 aromatic heterocycles. The van der Waals surface area contributed by atoms with Crippen LogP contribution in [-0.2, 0) is 14.3 Å². The molecular weight excluding hydrogens is 300 g/mol. The van der Waals surface area contributed by atoms with E-state index < -0.39 is 5.41 Å². The maximum Gasteiger partial charge on any atom is 0.313 e. The highest BCUT2D eigenvalue weighted by Gasteiger charge is 2.66. The summed E-state index contributed by atoms with van der Waals surface area (Å²) in [7, 11) is 0. The number of ether oxygens (including phenoxy) is 2. The van der Waals surface area contributed by atoms with Gasteiger partial charge in [0.05, 0.1) is 11.0 Å². The minimum atomic E-state index is -0.410. The Morgan fingerprint density at radius 1 is 1.08 bits per heavy atom. The standard InChI is InChI=1S/C21H34O3/c1-5-20(3,4)19(22)23-12-24-21(6-2)11-15-10-16(21)18-14-8-7-13(9-14)17(15)18/h13-18H,5-12H2,1-4H3. The van der Waals surface area contributed by atoms with Crippen LogP contribution in [0.15, 0.2) is 0 Å². The highest BCUT2D eigenvalue weighted by Crippen LogP contribution is 2.70. The van der Waals surface area contributed by atoms with Gasteiger partial charge in [-0.25, -0.2) is 0 Å². The van der Waals surface area contributed by atoms with E-state index in [1.54, 1.807) is 0 Å². The number of fused-ring (bicyclic) bond motifs is 9. The first kappa shape index (κ1) is 16.9. The molecule has 0 aromatic carbocycles. The van der Waals surface area contributed by atoms with Gasteiger partial charge in [0.2, 0.25) is 0 Å². The molecule has 3 heteroatoms. The minimum Gasteiger partial charge on any atom is -0.438 e. The van der Waals surface area contributed by atoms with E-state index in [9.17, 15) is 4.79 Å². The van der Waals surface area contributed by atoms with Gasteiger partial charge in [-0.2, -0.15) is 0 Å². The average Bonchev–Trinajstić information content (AvgIpc) is 3.32. The van der Waals surface area contributed by atoms with E-state index in [1.165, 1.54) is 32.1 Å². The second-order valence-electron chi connectivity index (χ2n) is 9.64. The predicted octanol–water partition coefficient (Wildman–Crippen LogP) is 4.79. The van der Waals surface area contributed by atoms with Crippen molar-refractivity contribution in [1.29, 1.82) is 0 Å². The second-order valence-corrected chi connectivity index (χ2v) is 9.64. The maximum atomic E-state index is 12.2. The monoisotopic (exact) mass is 334 g/mol. The van der Waals surface area contributed by atoms with E-state index in [0.29, 0.717) is 5.92 Å². The lowest BCUT2D eigenvalue weighted by molar-refractivity contribution is -0.198. The summed E-state index contributed by atoms with van der Waals surface area (Å²) in [5.41, 5.74) is -0.430. The van der Waals surface area contributed by atoms with E-state index >= 15 is 0 Å². The Hall–Kier alpha value is -0.570. The average molecular weight is 335 g/mol. The fraction of sp³-hybridized carbons (Fsp3) is 0.952. The van der Waals surface area contributed by atoms with Gasteiger partial charge in [0, 0.05) is 0 Å². The Morgan fingerprint density at radius 3 is 2.46 bits per heavy atom. The molecule has 0 spiro atoms. The van der Waals surface area contributed by atoms with Crippen LogP contribution in [0.2, 0.25) is 0 Å². The largest absolute Gasteiger partial charge is 0.438 e. The van der Waals surface area contributed by atoms with Gasteiger partial charge in [0.25, 0.3) is 0 Å². The van der Waals surface area contributed by atoms with Crippen LogP contribution in [0.3, 0.4) is 0 Å². The summed E-state index contributed by atoms with van der Waals surface area (Å²) >= 11 is 0. The van der Waals surface area contributed by atoms with Crippen LogP contribution in [0.4, 0.5) is 0 Å². The fourth-order valence-electron chi connectivity index (χ4n) is 6.91. The van der Waals surface area contributed by atoms with E-state index in [0.717, 1.165) is 42.4 Å². The van der Waals surface area contributed by atoms with Crippen LogP contribution < -0.4 is 0 Å². The molecule has 7 atom stereocenters. The lowest BCUT2D eigenvalue weighted by Gasteiger charge is -2.45. The number of esters is 1. The van der Waals surface area contributed by atoms with Crippen LogP contribution in [0, 0.1) is 40.9 Å². The molecule has 0 saturated heterocycles. The molecule has 0 amide bonds. The van der Waals surface area contributed by atoms with E-state index in [1.807, 2.05) is 20.8 Å². The molecule has 24 heavy (non-hydrogen) atoms. The molecule has 0 aliphatic heterocycles. The summed E-state index contributed by atoms with van der Waals surface area (Å²) in [6.07, 6.45) is 8.85. The highest BCUT2D eigenvalue weighted by molar-refractivity contribution is 5.75. The Labute approximate surface area is 146 Å². The quantitative estimate of drug-likeness (QED) is 0.398. The third-order valence-electron chi connectivity index (χ3n) is 8.47. The Bertz CT molecular complexity index is 513. The molecule has 4 aliphatic rings. The van der Waals surface area contributed by atoms with E-state index in [-0.39, 0.29) is 18.4 Å². The van der Waals surface area contributed by atoms with Gasteiger partial charge in [0.1, 0.15) is 0 Å². The molecule has 0 aromatic rings. The second kappa shape index (κ2) is 5.72. The lowest BCUT2D eigenvalue weighted by Crippen LogP contribution is -2.47. The van der Waals surface area contributed by atoms with Crippen LogP contribution in [0.25, 0.3) is 0 Å². The molecule has 4 aliphatic carbocycles. The van der Waals surface area contributed by atoms with Crippen molar-refractivity contribution in [3.8, 4) is 0 Å². The Kier molecular flexibility index (Phi) is 4.02. The number of carbonyl (C=O) groups is 1. The van der Waals surface area contributed by atoms with Gasteiger partial charge >= 0.3 is 5.97 Å². The fourth-order valence-corrected chi connectivity index (χ4v) is 6.91. The minimum absolute atomic E-state index is 0.0209. The molecule has 4 rings (SSSR count). The molecule has 4 bridgehead atoms. The molecule has 0 N–H and O–H groups in total. The van der Waals surface area contributed by atoms with Gasteiger partial charge in [-0.3, -0.25) is 4.79 Å². The van der Waals surface area contributed by atoms with Crippen molar-refractivity contribution in [2.75, 3.05) is 6.79 Å². The molecule has 4 saturated carbocycles. The zero-order chi connectivity index (χ0) is 17.1. The van der Waals surface area contributed by atoms with Crippen LogP contribution >= 0.6 is 0 Å². The summed E-state index contributed by atoms with van der Waals surface area (Å²) < 4.78 is 11.9. The van der Waals surface area contributed by atoms with Crippen LogP contribution in [-0.4, -0.2) is 18.4 Å². The van der Waals surface area contributed by atoms with Gasteiger partial charge in [0.15, 0.2) is 6.79 Å². The van der Waals surface area contributed by atoms with Gasteiger partial charge in [-0.15, -0.1) is 0 Å². The Balaban J connectivity index is 1.41. The first-order valence-corrected chi connectivity index (χ1v) is 10.2. The zero-order valence-electron chi connectivity index (χ0n) is 15.8. The summed E-state index contributed by atoms with van der Waals surface area (Å²) in [5, 5.41) is 0. The Morgan fingerprint density at radius 2 is 1.79 bits per heavy atom. The van der Waals surface area contributed by atoms with Crippen molar-refractivity contribution in [3.63, 3.8) is 0 Å². The first-order valence-electron chi connectivity index (χ1n) is 10.2. The molecule has 3 nitrogen and oxygen atoms in total. The van der Waals surface area contributed by atoms with Crippen LogP contribution in [0.5, 0.6) is 0 Å². The molecule has 0 radical (unpaired) electrons. The smallest absolute Gasteiger partial charge is 0.313 e.